The van der Waals surface area contributed by atoms with Crippen LogP contribution in [0.2, 0.25) is 0 Å². The van der Waals surface area contributed by atoms with Gasteiger partial charge in [-0.2, -0.15) is 8.42 Å². The van der Waals surface area contributed by atoms with Crippen molar-refractivity contribution in [1.29, 1.82) is 0 Å². The minimum atomic E-state index is -3.67. The molecule has 0 N–H and O–H groups in total. The maximum atomic E-state index is 11.4. The van der Waals surface area contributed by atoms with E-state index in [1.807, 2.05) is 0 Å². The quantitative estimate of drug-likeness (QED) is 0.509. The van der Waals surface area contributed by atoms with Crippen LogP contribution in [0, 0.1) is 0 Å². The molecule has 1 saturated heterocycles. The van der Waals surface area contributed by atoms with E-state index in [-0.39, 0.29) is 12.4 Å². The highest BCUT2D eigenvalue weighted by Gasteiger charge is 2.43. The summed E-state index contributed by atoms with van der Waals surface area (Å²) in [7, 11) is -3.67. The van der Waals surface area contributed by atoms with Crippen LogP contribution in [0.1, 0.15) is 20.8 Å². The standard InChI is InChI=1S/C9H16O6S/c1-4-13-16(11,12)6-8-7(5-10)14-9(2,3)15-8/h5,7-8H,4,6H2,1-3H3/t7-,8+/m0/s1. The van der Waals surface area contributed by atoms with Crippen LogP contribution < -0.4 is 0 Å². The third-order valence-corrected chi connectivity index (χ3v) is 3.35. The molecule has 0 aromatic rings. The van der Waals surface area contributed by atoms with Gasteiger partial charge in [0.25, 0.3) is 10.1 Å². The van der Waals surface area contributed by atoms with Crippen LogP contribution in [0.5, 0.6) is 0 Å². The summed E-state index contributed by atoms with van der Waals surface area (Å²) in [5, 5.41) is 0. The average Bonchev–Trinajstić information content (AvgIpc) is 2.39. The Hall–Kier alpha value is -0.500. The van der Waals surface area contributed by atoms with Gasteiger partial charge in [0.15, 0.2) is 12.1 Å². The zero-order chi connectivity index (χ0) is 12.4. The topological polar surface area (TPSA) is 78.9 Å². The number of ether oxygens (including phenoxy) is 2. The Bertz CT molecular complexity index is 347. The van der Waals surface area contributed by atoms with Crippen molar-refractivity contribution in [1.82, 2.24) is 0 Å². The smallest absolute Gasteiger partial charge is 0.269 e. The lowest BCUT2D eigenvalue weighted by molar-refractivity contribution is -0.149. The molecule has 0 spiro atoms. The molecule has 0 amide bonds. The number of hydrogen-bond acceptors (Lipinski definition) is 6. The molecule has 7 heteroatoms. The van der Waals surface area contributed by atoms with E-state index >= 15 is 0 Å². The molecule has 0 aromatic carbocycles. The Kier molecular flexibility index (Phi) is 4.06. The van der Waals surface area contributed by atoms with Crippen LogP contribution in [0.15, 0.2) is 0 Å². The van der Waals surface area contributed by atoms with Crippen molar-refractivity contribution in [3.8, 4) is 0 Å². The maximum Gasteiger partial charge on any atom is 0.269 e. The fourth-order valence-corrected chi connectivity index (χ4v) is 2.65. The molecule has 1 fully saturated rings. The second kappa shape index (κ2) is 4.79. The van der Waals surface area contributed by atoms with Gasteiger partial charge in [-0.25, -0.2) is 0 Å². The van der Waals surface area contributed by atoms with Crippen LogP contribution >= 0.6 is 0 Å². The second-order valence-electron chi connectivity index (χ2n) is 3.91. The monoisotopic (exact) mass is 252 g/mol. The van der Waals surface area contributed by atoms with Crippen molar-refractivity contribution in [2.24, 2.45) is 0 Å². The summed E-state index contributed by atoms with van der Waals surface area (Å²) in [6.45, 7) is 4.88. The molecule has 1 rings (SSSR count). The third-order valence-electron chi connectivity index (χ3n) is 2.02. The molecule has 1 heterocycles. The molecule has 0 aromatic heterocycles. The number of carbonyl (C=O) groups is 1. The van der Waals surface area contributed by atoms with Crippen LogP contribution in [-0.2, 0) is 28.6 Å². The molecular formula is C9H16O6S. The summed E-state index contributed by atoms with van der Waals surface area (Å²) in [6, 6.07) is 0. The molecule has 0 saturated carbocycles. The Morgan fingerprint density at radius 1 is 1.38 bits per heavy atom. The Balaban J connectivity index is 2.70. The highest BCUT2D eigenvalue weighted by molar-refractivity contribution is 7.86. The number of rotatable bonds is 5. The second-order valence-corrected chi connectivity index (χ2v) is 5.59. The molecule has 16 heavy (non-hydrogen) atoms. The van der Waals surface area contributed by atoms with Gasteiger partial charge >= 0.3 is 0 Å². The normalized spacial score (nSPS) is 29.2. The molecule has 1 aliphatic heterocycles. The molecule has 0 radical (unpaired) electrons. The van der Waals surface area contributed by atoms with Crippen molar-refractivity contribution >= 4 is 16.4 Å². The first kappa shape index (κ1) is 13.6. The van der Waals surface area contributed by atoms with Crippen LogP contribution in [0.4, 0.5) is 0 Å². The van der Waals surface area contributed by atoms with Gasteiger partial charge in [-0.15, -0.1) is 0 Å². The minimum absolute atomic E-state index is 0.0606. The minimum Gasteiger partial charge on any atom is -0.343 e. The summed E-state index contributed by atoms with van der Waals surface area (Å²) >= 11 is 0. The first-order chi connectivity index (χ1) is 7.29. The summed E-state index contributed by atoms with van der Waals surface area (Å²) in [5.41, 5.74) is 0. The first-order valence-corrected chi connectivity index (χ1v) is 6.55. The fraction of sp³-hybridized carbons (Fsp3) is 0.889. The number of aldehydes is 1. The van der Waals surface area contributed by atoms with E-state index < -0.39 is 28.1 Å². The van der Waals surface area contributed by atoms with Gasteiger partial charge in [0.05, 0.1) is 6.61 Å². The van der Waals surface area contributed by atoms with E-state index in [0.717, 1.165) is 0 Å². The third kappa shape index (κ3) is 3.51. The Labute approximate surface area is 95.0 Å². The van der Waals surface area contributed by atoms with E-state index in [0.29, 0.717) is 6.29 Å². The van der Waals surface area contributed by atoms with Crippen LogP contribution in [0.3, 0.4) is 0 Å². The lowest BCUT2D eigenvalue weighted by atomic mass is 10.2. The van der Waals surface area contributed by atoms with Gasteiger partial charge in [-0.05, 0) is 20.8 Å². The fourth-order valence-electron chi connectivity index (χ4n) is 1.54. The highest BCUT2D eigenvalue weighted by atomic mass is 32.2. The average molecular weight is 252 g/mol. The van der Waals surface area contributed by atoms with Crippen molar-refractivity contribution in [2.45, 2.75) is 38.8 Å². The SMILES string of the molecule is CCOS(=O)(=O)C[C@H]1OC(C)(C)O[C@H]1C=O. The number of hydrogen-bond donors (Lipinski definition) is 0. The maximum absolute atomic E-state index is 11.4. The molecule has 0 unspecified atom stereocenters. The van der Waals surface area contributed by atoms with Crippen LogP contribution in [-0.4, -0.2) is 45.1 Å². The van der Waals surface area contributed by atoms with E-state index in [2.05, 4.69) is 4.18 Å². The lowest BCUT2D eigenvalue weighted by Crippen LogP contribution is -2.32. The van der Waals surface area contributed by atoms with E-state index in [4.69, 9.17) is 9.47 Å². The molecule has 0 bridgehead atoms. The van der Waals surface area contributed by atoms with Gasteiger partial charge in [-0.1, -0.05) is 0 Å². The van der Waals surface area contributed by atoms with E-state index in [9.17, 15) is 13.2 Å². The molecular weight excluding hydrogens is 236 g/mol. The lowest BCUT2D eigenvalue weighted by Gasteiger charge is -2.16. The largest absolute Gasteiger partial charge is 0.343 e. The predicted octanol–water partition coefficient (Wildman–Crippen LogP) is 0.0717. The first-order valence-electron chi connectivity index (χ1n) is 4.97. The van der Waals surface area contributed by atoms with Gasteiger partial charge in [0.2, 0.25) is 0 Å². The summed E-state index contributed by atoms with van der Waals surface area (Å²) in [6.07, 6.45) is -1.14. The van der Waals surface area contributed by atoms with Crippen molar-refractivity contribution in [2.75, 3.05) is 12.4 Å². The van der Waals surface area contributed by atoms with Crippen molar-refractivity contribution in [3.63, 3.8) is 0 Å². The van der Waals surface area contributed by atoms with Gasteiger partial charge in [0.1, 0.15) is 18.0 Å². The Morgan fingerprint density at radius 2 is 2.00 bits per heavy atom. The summed E-state index contributed by atoms with van der Waals surface area (Å²) < 4.78 is 37.9. The van der Waals surface area contributed by atoms with E-state index in [1.54, 1.807) is 20.8 Å². The Morgan fingerprint density at radius 3 is 2.50 bits per heavy atom. The molecule has 0 aliphatic carbocycles. The van der Waals surface area contributed by atoms with E-state index in [1.165, 1.54) is 0 Å². The van der Waals surface area contributed by atoms with Gasteiger partial charge < -0.3 is 14.3 Å². The van der Waals surface area contributed by atoms with Crippen molar-refractivity contribution < 1.29 is 26.9 Å². The molecule has 6 nitrogen and oxygen atoms in total. The molecule has 1 aliphatic rings. The van der Waals surface area contributed by atoms with Gasteiger partial charge in [-0.3, -0.25) is 4.18 Å². The number of carbonyl (C=O) groups excluding carboxylic acids is 1. The highest BCUT2D eigenvalue weighted by Crippen LogP contribution is 2.28. The summed E-state index contributed by atoms with van der Waals surface area (Å²) in [5.74, 6) is -1.33. The molecule has 2 atom stereocenters. The summed E-state index contributed by atoms with van der Waals surface area (Å²) in [4.78, 5) is 10.7. The zero-order valence-electron chi connectivity index (χ0n) is 9.50. The predicted molar refractivity (Wildman–Crippen MR) is 55.3 cm³/mol. The molecule has 94 valence electrons. The van der Waals surface area contributed by atoms with Crippen LogP contribution in [0.25, 0.3) is 0 Å². The van der Waals surface area contributed by atoms with Gasteiger partial charge in [0, 0.05) is 0 Å². The zero-order valence-corrected chi connectivity index (χ0v) is 10.3. The van der Waals surface area contributed by atoms with Crippen molar-refractivity contribution in [3.05, 3.63) is 0 Å².